The molecule has 0 saturated carbocycles. The third kappa shape index (κ3) is 4.27. The Hall–Kier alpha value is -3.43. The highest BCUT2D eigenvalue weighted by atomic mass is 16.2. The lowest BCUT2D eigenvalue weighted by Gasteiger charge is -2.34. The SMILES string of the molecule is Cc1ccc2nc(C)c(CN3CCN(C(=O)/C=C/c4ccc(C#N)cc4)CC3)n2c1. The van der Waals surface area contributed by atoms with Crippen LogP contribution in [0.15, 0.2) is 48.7 Å². The lowest BCUT2D eigenvalue weighted by atomic mass is 10.1. The number of aryl methyl sites for hydroxylation is 2. The molecule has 0 bridgehead atoms. The van der Waals surface area contributed by atoms with Crippen LogP contribution in [0.2, 0.25) is 0 Å². The van der Waals surface area contributed by atoms with Crippen LogP contribution in [-0.2, 0) is 11.3 Å². The average molecular weight is 399 g/mol. The molecule has 1 aromatic carbocycles. The fourth-order valence-electron chi connectivity index (χ4n) is 3.79. The number of carbonyl (C=O) groups is 1. The van der Waals surface area contributed by atoms with Crippen LogP contribution in [0, 0.1) is 25.2 Å². The average Bonchev–Trinajstić information content (AvgIpc) is 3.07. The van der Waals surface area contributed by atoms with Gasteiger partial charge in [-0.05, 0) is 49.2 Å². The second-order valence-corrected chi connectivity index (χ2v) is 7.75. The number of nitrogens with zero attached hydrogens (tertiary/aromatic N) is 5. The maximum absolute atomic E-state index is 12.5. The number of pyridine rings is 1. The van der Waals surface area contributed by atoms with Crippen molar-refractivity contribution in [3.05, 3.63) is 76.7 Å². The summed E-state index contributed by atoms with van der Waals surface area (Å²) in [6.07, 6.45) is 5.56. The molecule has 1 saturated heterocycles. The van der Waals surface area contributed by atoms with Gasteiger partial charge in [0, 0.05) is 45.0 Å². The van der Waals surface area contributed by atoms with Crippen LogP contribution in [0.4, 0.5) is 0 Å². The van der Waals surface area contributed by atoms with Gasteiger partial charge >= 0.3 is 0 Å². The van der Waals surface area contributed by atoms with Crippen LogP contribution >= 0.6 is 0 Å². The summed E-state index contributed by atoms with van der Waals surface area (Å²) in [5.74, 6) is 0.0283. The number of imidazole rings is 1. The monoisotopic (exact) mass is 399 g/mol. The highest BCUT2D eigenvalue weighted by Gasteiger charge is 2.21. The molecule has 152 valence electrons. The van der Waals surface area contributed by atoms with Crippen LogP contribution < -0.4 is 0 Å². The molecule has 3 aromatic rings. The van der Waals surface area contributed by atoms with Gasteiger partial charge in [-0.3, -0.25) is 9.69 Å². The van der Waals surface area contributed by atoms with Crippen molar-refractivity contribution in [3.8, 4) is 6.07 Å². The summed E-state index contributed by atoms with van der Waals surface area (Å²) in [6.45, 7) is 8.10. The molecule has 0 atom stereocenters. The normalized spacial score (nSPS) is 15.0. The van der Waals surface area contributed by atoms with Gasteiger partial charge in [-0.1, -0.05) is 18.2 Å². The fourth-order valence-corrected chi connectivity index (χ4v) is 3.79. The van der Waals surface area contributed by atoms with Crippen molar-refractivity contribution in [1.29, 1.82) is 5.26 Å². The number of piperazine rings is 1. The van der Waals surface area contributed by atoms with Crippen LogP contribution in [0.3, 0.4) is 0 Å². The number of aromatic nitrogens is 2. The summed E-state index contributed by atoms with van der Waals surface area (Å²) >= 11 is 0. The largest absolute Gasteiger partial charge is 0.337 e. The maximum Gasteiger partial charge on any atom is 0.246 e. The van der Waals surface area contributed by atoms with Gasteiger partial charge in [-0.25, -0.2) is 4.98 Å². The molecule has 1 aliphatic rings. The Bertz CT molecular complexity index is 1130. The van der Waals surface area contributed by atoms with E-state index in [2.05, 4.69) is 52.5 Å². The number of hydrogen-bond acceptors (Lipinski definition) is 4. The third-order valence-electron chi connectivity index (χ3n) is 5.58. The molecule has 6 heteroatoms. The molecular formula is C24H25N5O. The molecule has 1 fully saturated rings. The first-order valence-corrected chi connectivity index (χ1v) is 10.2. The van der Waals surface area contributed by atoms with Crippen LogP contribution in [-0.4, -0.2) is 51.3 Å². The van der Waals surface area contributed by atoms with Gasteiger partial charge in [0.2, 0.25) is 5.91 Å². The van der Waals surface area contributed by atoms with Gasteiger partial charge < -0.3 is 9.30 Å². The first-order valence-electron chi connectivity index (χ1n) is 10.2. The van der Waals surface area contributed by atoms with E-state index in [0.717, 1.165) is 36.5 Å². The molecule has 0 radical (unpaired) electrons. The van der Waals surface area contributed by atoms with E-state index in [1.807, 2.05) is 17.0 Å². The summed E-state index contributed by atoms with van der Waals surface area (Å²) < 4.78 is 2.18. The second-order valence-electron chi connectivity index (χ2n) is 7.75. The second kappa shape index (κ2) is 8.52. The zero-order valence-corrected chi connectivity index (χ0v) is 17.4. The predicted octanol–water partition coefficient (Wildman–Crippen LogP) is 3.18. The number of carbonyl (C=O) groups excluding carboxylic acids is 1. The van der Waals surface area contributed by atoms with Gasteiger partial charge in [-0.15, -0.1) is 0 Å². The molecule has 30 heavy (non-hydrogen) atoms. The number of hydrogen-bond donors (Lipinski definition) is 0. The number of benzene rings is 1. The Balaban J connectivity index is 1.35. The van der Waals surface area contributed by atoms with Crippen molar-refractivity contribution in [2.45, 2.75) is 20.4 Å². The van der Waals surface area contributed by atoms with Gasteiger partial charge in [0.15, 0.2) is 0 Å². The standard InChI is InChI=1S/C24H25N5O/c1-18-3-9-23-26-19(2)22(29(23)16-18)17-27-11-13-28(14-12-27)24(30)10-8-20-4-6-21(15-25)7-5-20/h3-10,16H,11-14,17H2,1-2H3/b10-8+. The van der Waals surface area contributed by atoms with E-state index in [-0.39, 0.29) is 5.91 Å². The Morgan fingerprint density at radius 2 is 1.83 bits per heavy atom. The molecule has 1 amide bonds. The first-order chi connectivity index (χ1) is 14.5. The van der Waals surface area contributed by atoms with Crippen molar-refractivity contribution < 1.29 is 4.79 Å². The van der Waals surface area contributed by atoms with Crippen molar-refractivity contribution in [1.82, 2.24) is 19.2 Å². The van der Waals surface area contributed by atoms with Crippen LogP contribution in [0.5, 0.6) is 0 Å². The number of amides is 1. The van der Waals surface area contributed by atoms with Crippen LogP contribution in [0.25, 0.3) is 11.7 Å². The molecule has 0 N–H and O–H groups in total. The summed E-state index contributed by atoms with van der Waals surface area (Å²) in [5.41, 5.74) is 6.00. The molecule has 0 spiro atoms. The van der Waals surface area contributed by atoms with E-state index < -0.39 is 0 Å². The Morgan fingerprint density at radius 3 is 2.53 bits per heavy atom. The van der Waals surface area contributed by atoms with E-state index >= 15 is 0 Å². The number of rotatable bonds is 4. The minimum atomic E-state index is 0.0283. The van der Waals surface area contributed by atoms with Crippen molar-refractivity contribution in [2.24, 2.45) is 0 Å². The summed E-state index contributed by atoms with van der Waals surface area (Å²) in [5, 5.41) is 8.86. The fraction of sp³-hybridized carbons (Fsp3) is 0.292. The highest BCUT2D eigenvalue weighted by Crippen LogP contribution is 2.17. The van der Waals surface area contributed by atoms with Crippen molar-refractivity contribution in [2.75, 3.05) is 26.2 Å². The van der Waals surface area contributed by atoms with E-state index in [1.165, 1.54) is 11.3 Å². The van der Waals surface area contributed by atoms with Gasteiger partial charge in [0.25, 0.3) is 0 Å². The minimum Gasteiger partial charge on any atom is -0.337 e. The smallest absolute Gasteiger partial charge is 0.246 e. The molecule has 6 nitrogen and oxygen atoms in total. The van der Waals surface area contributed by atoms with Crippen LogP contribution in [0.1, 0.15) is 28.1 Å². The topological polar surface area (TPSA) is 64.6 Å². The lowest BCUT2D eigenvalue weighted by Crippen LogP contribution is -2.48. The first kappa shape index (κ1) is 19.9. The lowest BCUT2D eigenvalue weighted by molar-refractivity contribution is -0.127. The number of nitriles is 1. The molecule has 1 aliphatic heterocycles. The minimum absolute atomic E-state index is 0.0283. The maximum atomic E-state index is 12.5. The Morgan fingerprint density at radius 1 is 1.10 bits per heavy atom. The third-order valence-corrected chi connectivity index (χ3v) is 5.58. The Labute approximate surface area is 176 Å². The Kier molecular flexibility index (Phi) is 5.64. The van der Waals surface area contributed by atoms with E-state index in [1.54, 1.807) is 24.3 Å². The zero-order chi connectivity index (χ0) is 21.1. The highest BCUT2D eigenvalue weighted by molar-refractivity contribution is 5.91. The molecule has 4 rings (SSSR count). The molecule has 0 unspecified atom stereocenters. The molecule has 2 aromatic heterocycles. The molecular weight excluding hydrogens is 374 g/mol. The zero-order valence-electron chi connectivity index (χ0n) is 17.4. The van der Waals surface area contributed by atoms with Gasteiger partial charge in [-0.2, -0.15) is 5.26 Å². The van der Waals surface area contributed by atoms with E-state index in [9.17, 15) is 4.79 Å². The summed E-state index contributed by atoms with van der Waals surface area (Å²) in [4.78, 5) is 21.5. The summed E-state index contributed by atoms with van der Waals surface area (Å²) in [7, 11) is 0. The molecule has 3 heterocycles. The van der Waals surface area contributed by atoms with E-state index in [0.29, 0.717) is 18.7 Å². The molecule has 0 aliphatic carbocycles. The van der Waals surface area contributed by atoms with Crippen molar-refractivity contribution in [3.63, 3.8) is 0 Å². The summed E-state index contributed by atoms with van der Waals surface area (Å²) in [6, 6.07) is 13.4. The quantitative estimate of drug-likeness (QED) is 0.632. The predicted molar refractivity (Wildman–Crippen MR) is 117 cm³/mol. The van der Waals surface area contributed by atoms with E-state index in [4.69, 9.17) is 5.26 Å². The van der Waals surface area contributed by atoms with Crippen molar-refractivity contribution >= 4 is 17.6 Å². The van der Waals surface area contributed by atoms with Gasteiger partial charge in [0.05, 0.1) is 23.0 Å². The number of fused-ring (bicyclic) bond motifs is 1. The van der Waals surface area contributed by atoms with Gasteiger partial charge in [0.1, 0.15) is 5.65 Å².